The molecule has 0 amide bonds. The summed E-state index contributed by atoms with van der Waals surface area (Å²) in [5.41, 5.74) is 0. The fourth-order valence-electron chi connectivity index (χ4n) is 3.04. The van der Waals surface area contributed by atoms with E-state index in [-0.39, 0.29) is 0 Å². The molecular formula is C16H32. The molecule has 0 aromatic carbocycles. The van der Waals surface area contributed by atoms with E-state index in [0.717, 1.165) is 5.92 Å². The molecule has 0 aliphatic heterocycles. The van der Waals surface area contributed by atoms with Crippen LogP contribution in [-0.2, 0) is 0 Å². The molecule has 0 nitrogen and oxygen atoms in total. The van der Waals surface area contributed by atoms with Gasteiger partial charge in [-0.1, -0.05) is 96.8 Å². The summed E-state index contributed by atoms with van der Waals surface area (Å²) in [5.74, 6) is 1.09. The molecule has 0 heterocycles. The van der Waals surface area contributed by atoms with Crippen LogP contribution < -0.4 is 0 Å². The molecule has 0 aromatic heterocycles. The zero-order chi connectivity index (χ0) is 11.5. The highest BCUT2D eigenvalue weighted by Crippen LogP contribution is 2.26. The Morgan fingerprint density at radius 2 is 1.25 bits per heavy atom. The van der Waals surface area contributed by atoms with Gasteiger partial charge in [0.05, 0.1) is 0 Å². The lowest BCUT2D eigenvalue weighted by molar-refractivity contribution is 0.347. The molecule has 16 heavy (non-hydrogen) atoms. The van der Waals surface area contributed by atoms with Crippen LogP contribution in [0.1, 0.15) is 96.8 Å². The second-order valence-electron chi connectivity index (χ2n) is 5.77. The van der Waals surface area contributed by atoms with Crippen molar-refractivity contribution in [2.24, 2.45) is 5.92 Å². The molecule has 0 atom stereocenters. The lowest BCUT2D eigenvalue weighted by atomic mass is 9.87. The van der Waals surface area contributed by atoms with Crippen molar-refractivity contribution >= 4 is 0 Å². The van der Waals surface area contributed by atoms with Crippen LogP contribution in [0, 0.1) is 5.92 Å². The number of unbranched alkanes of at least 4 members (excludes halogenated alkanes) is 5. The molecule has 0 N–H and O–H groups in total. The van der Waals surface area contributed by atoms with E-state index in [1.165, 1.54) is 89.9 Å². The molecule has 1 saturated carbocycles. The molecule has 0 unspecified atom stereocenters. The maximum atomic E-state index is 2.30. The van der Waals surface area contributed by atoms with E-state index < -0.39 is 0 Å². The van der Waals surface area contributed by atoms with E-state index in [4.69, 9.17) is 0 Å². The van der Waals surface area contributed by atoms with Crippen molar-refractivity contribution in [2.45, 2.75) is 96.8 Å². The predicted molar refractivity (Wildman–Crippen MR) is 73.8 cm³/mol. The Hall–Kier alpha value is 0. The first-order valence-electron chi connectivity index (χ1n) is 7.93. The van der Waals surface area contributed by atoms with Crippen LogP contribution in [0.2, 0.25) is 0 Å². The third-order valence-corrected chi connectivity index (χ3v) is 4.19. The highest BCUT2D eigenvalue weighted by Gasteiger charge is 2.10. The monoisotopic (exact) mass is 224 g/mol. The zero-order valence-corrected chi connectivity index (χ0v) is 11.5. The molecule has 96 valence electrons. The van der Waals surface area contributed by atoms with Crippen molar-refractivity contribution in [3.05, 3.63) is 0 Å². The van der Waals surface area contributed by atoms with E-state index in [1.807, 2.05) is 0 Å². The van der Waals surface area contributed by atoms with Crippen molar-refractivity contribution in [2.75, 3.05) is 0 Å². The highest BCUT2D eigenvalue weighted by atomic mass is 14.2. The maximum absolute atomic E-state index is 2.30. The molecular weight excluding hydrogens is 192 g/mol. The zero-order valence-electron chi connectivity index (χ0n) is 11.5. The third kappa shape index (κ3) is 7.30. The van der Waals surface area contributed by atoms with Crippen molar-refractivity contribution in [3.63, 3.8) is 0 Å². The Kier molecular flexibility index (Phi) is 8.94. The Morgan fingerprint density at radius 3 is 1.94 bits per heavy atom. The Bertz CT molecular complexity index is 131. The molecule has 0 saturated heterocycles. The topological polar surface area (TPSA) is 0 Å². The lowest BCUT2D eigenvalue weighted by Gasteiger charge is -2.19. The summed E-state index contributed by atoms with van der Waals surface area (Å²) in [6.45, 7) is 2.30. The van der Waals surface area contributed by atoms with Crippen LogP contribution in [0.5, 0.6) is 0 Å². The SMILES string of the molecule is CCCCCCCCC1CCCCCCC1. The van der Waals surface area contributed by atoms with Crippen molar-refractivity contribution in [1.29, 1.82) is 0 Å². The largest absolute Gasteiger partial charge is 0.0654 e. The van der Waals surface area contributed by atoms with Crippen molar-refractivity contribution in [3.8, 4) is 0 Å². The molecule has 1 rings (SSSR count). The van der Waals surface area contributed by atoms with Gasteiger partial charge in [0.1, 0.15) is 0 Å². The van der Waals surface area contributed by atoms with E-state index in [2.05, 4.69) is 6.92 Å². The normalized spacial score (nSPS) is 19.3. The van der Waals surface area contributed by atoms with Crippen LogP contribution >= 0.6 is 0 Å². The maximum Gasteiger partial charge on any atom is -0.0414 e. The fourth-order valence-corrected chi connectivity index (χ4v) is 3.04. The van der Waals surface area contributed by atoms with Gasteiger partial charge in [0.2, 0.25) is 0 Å². The summed E-state index contributed by atoms with van der Waals surface area (Å²) in [6, 6.07) is 0. The first kappa shape index (κ1) is 14.1. The van der Waals surface area contributed by atoms with Gasteiger partial charge in [-0.25, -0.2) is 0 Å². The van der Waals surface area contributed by atoms with E-state index in [9.17, 15) is 0 Å². The van der Waals surface area contributed by atoms with Gasteiger partial charge < -0.3 is 0 Å². The van der Waals surface area contributed by atoms with Gasteiger partial charge in [-0.15, -0.1) is 0 Å². The second-order valence-corrected chi connectivity index (χ2v) is 5.77. The van der Waals surface area contributed by atoms with Gasteiger partial charge in [-0.05, 0) is 5.92 Å². The molecule has 0 spiro atoms. The van der Waals surface area contributed by atoms with Crippen LogP contribution in [0.3, 0.4) is 0 Å². The molecule has 0 heteroatoms. The summed E-state index contributed by atoms with van der Waals surface area (Å²) in [5, 5.41) is 0. The summed E-state index contributed by atoms with van der Waals surface area (Å²) < 4.78 is 0. The third-order valence-electron chi connectivity index (χ3n) is 4.19. The Morgan fingerprint density at radius 1 is 0.688 bits per heavy atom. The average Bonchev–Trinajstić information content (AvgIpc) is 2.25. The molecule has 1 aliphatic carbocycles. The van der Waals surface area contributed by atoms with Crippen molar-refractivity contribution in [1.82, 2.24) is 0 Å². The Labute approximate surface area is 103 Å². The summed E-state index contributed by atoms with van der Waals surface area (Å²) in [6.07, 6.45) is 20.9. The van der Waals surface area contributed by atoms with Crippen LogP contribution in [0.15, 0.2) is 0 Å². The molecule has 1 aliphatic rings. The van der Waals surface area contributed by atoms with Gasteiger partial charge in [0, 0.05) is 0 Å². The van der Waals surface area contributed by atoms with Crippen LogP contribution in [-0.4, -0.2) is 0 Å². The molecule has 0 bridgehead atoms. The summed E-state index contributed by atoms with van der Waals surface area (Å²) in [4.78, 5) is 0. The summed E-state index contributed by atoms with van der Waals surface area (Å²) >= 11 is 0. The number of hydrogen-bond acceptors (Lipinski definition) is 0. The van der Waals surface area contributed by atoms with Gasteiger partial charge in [-0.3, -0.25) is 0 Å². The lowest BCUT2D eigenvalue weighted by Crippen LogP contribution is -2.03. The first-order chi connectivity index (χ1) is 7.93. The molecule has 0 aromatic rings. The number of hydrogen-bond donors (Lipinski definition) is 0. The van der Waals surface area contributed by atoms with Gasteiger partial charge in [0.15, 0.2) is 0 Å². The second kappa shape index (κ2) is 10.2. The minimum Gasteiger partial charge on any atom is -0.0654 e. The van der Waals surface area contributed by atoms with E-state index >= 15 is 0 Å². The van der Waals surface area contributed by atoms with Gasteiger partial charge in [0.25, 0.3) is 0 Å². The van der Waals surface area contributed by atoms with Gasteiger partial charge >= 0.3 is 0 Å². The van der Waals surface area contributed by atoms with E-state index in [1.54, 1.807) is 0 Å². The summed E-state index contributed by atoms with van der Waals surface area (Å²) in [7, 11) is 0. The highest BCUT2D eigenvalue weighted by molar-refractivity contribution is 4.64. The minimum absolute atomic E-state index is 1.09. The predicted octanol–water partition coefficient (Wildman–Crippen LogP) is 6.10. The van der Waals surface area contributed by atoms with Crippen molar-refractivity contribution < 1.29 is 0 Å². The minimum atomic E-state index is 1.09. The van der Waals surface area contributed by atoms with Crippen LogP contribution in [0.4, 0.5) is 0 Å². The average molecular weight is 224 g/mol. The first-order valence-corrected chi connectivity index (χ1v) is 7.93. The van der Waals surface area contributed by atoms with Crippen LogP contribution in [0.25, 0.3) is 0 Å². The quantitative estimate of drug-likeness (QED) is 0.458. The molecule has 1 fully saturated rings. The fraction of sp³-hybridized carbons (Fsp3) is 1.00. The van der Waals surface area contributed by atoms with E-state index in [0.29, 0.717) is 0 Å². The molecule has 0 radical (unpaired) electrons. The standard InChI is InChI=1S/C16H32/c1-2-3-4-5-7-10-13-16-14-11-8-6-9-12-15-16/h16H,2-15H2,1H3. The Balaban J connectivity index is 1.93. The van der Waals surface area contributed by atoms with Gasteiger partial charge in [-0.2, -0.15) is 0 Å². The number of rotatable bonds is 7. The smallest absolute Gasteiger partial charge is 0.0414 e.